The molecule has 0 saturated carbocycles. The number of anilines is 1. The van der Waals surface area contributed by atoms with Crippen LogP contribution < -0.4 is 19.7 Å². The number of piperidine rings is 1. The van der Waals surface area contributed by atoms with Crippen LogP contribution in [0.3, 0.4) is 0 Å². The molecule has 1 fully saturated rings. The zero-order valence-electron chi connectivity index (χ0n) is 22.5. The molecule has 4 rings (SSSR count). The second-order valence-electron chi connectivity index (χ2n) is 9.91. The summed E-state index contributed by atoms with van der Waals surface area (Å²) in [5.41, 5.74) is 1.00. The molecule has 0 atom stereocenters. The van der Waals surface area contributed by atoms with Crippen molar-refractivity contribution in [1.82, 2.24) is 25.3 Å². The lowest BCUT2D eigenvalue weighted by Crippen LogP contribution is -2.46. The van der Waals surface area contributed by atoms with E-state index in [2.05, 4.69) is 25.3 Å². The molecular weight excluding hydrogens is 524 g/mol. The van der Waals surface area contributed by atoms with Gasteiger partial charge in [0.15, 0.2) is 5.82 Å². The highest BCUT2D eigenvalue weighted by molar-refractivity contribution is 6.29. The number of amides is 2. The molecule has 1 N–H and O–H groups in total. The van der Waals surface area contributed by atoms with Crippen molar-refractivity contribution < 1.29 is 23.8 Å². The van der Waals surface area contributed by atoms with E-state index in [-0.39, 0.29) is 34.7 Å². The van der Waals surface area contributed by atoms with Gasteiger partial charge in [-0.3, -0.25) is 4.79 Å². The number of hydrogen-bond donors (Lipinski definition) is 1. The molecule has 2 amide bonds. The Labute approximate surface area is 231 Å². The van der Waals surface area contributed by atoms with Crippen molar-refractivity contribution in [3.05, 3.63) is 41.7 Å². The van der Waals surface area contributed by atoms with Gasteiger partial charge in [-0.25, -0.2) is 24.6 Å². The van der Waals surface area contributed by atoms with E-state index < -0.39 is 11.7 Å². The van der Waals surface area contributed by atoms with Crippen molar-refractivity contribution in [1.29, 1.82) is 0 Å². The number of nitrogens with zero attached hydrogens (tertiary/aromatic N) is 5. The highest BCUT2D eigenvalue weighted by atomic mass is 35.5. The predicted octanol–water partition coefficient (Wildman–Crippen LogP) is 4.54. The number of ether oxygens (including phenoxy) is 3. The summed E-state index contributed by atoms with van der Waals surface area (Å²) in [5.74, 6) is -0.0923. The van der Waals surface area contributed by atoms with E-state index in [9.17, 15) is 9.59 Å². The third-order valence-electron chi connectivity index (χ3n) is 5.93. The first-order valence-corrected chi connectivity index (χ1v) is 12.9. The fraction of sp³-hybridized carbons (Fsp3) is 0.407. The fourth-order valence-corrected chi connectivity index (χ4v) is 4.31. The third kappa shape index (κ3) is 6.79. The quantitative estimate of drug-likeness (QED) is 0.433. The van der Waals surface area contributed by atoms with Crippen molar-refractivity contribution in [2.24, 2.45) is 5.92 Å². The Bertz CT molecular complexity index is 1360. The van der Waals surface area contributed by atoms with Crippen LogP contribution in [0.5, 0.6) is 11.9 Å². The molecule has 1 aliphatic rings. The normalized spacial score (nSPS) is 14.0. The van der Waals surface area contributed by atoms with Crippen LogP contribution in [-0.2, 0) is 9.53 Å². The molecule has 11 nitrogen and oxygen atoms in total. The van der Waals surface area contributed by atoms with Gasteiger partial charge in [0, 0.05) is 23.7 Å². The van der Waals surface area contributed by atoms with Gasteiger partial charge in [-0.05, 0) is 58.8 Å². The van der Waals surface area contributed by atoms with Crippen LogP contribution in [0.25, 0.3) is 22.6 Å². The number of imide groups is 1. The molecule has 3 aromatic rings. The summed E-state index contributed by atoms with van der Waals surface area (Å²) in [6, 6.07) is 8.54. The van der Waals surface area contributed by atoms with Gasteiger partial charge in [0.1, 0.15) is 10.8 Å². The number of hydrogen-bond acceptors (Lipinski definition) is 10. The lowest BCUT2D eigenvalue weighted by molar-refractivity contribution is -0.122. The van der Waals surface area contributed by atoms with Gasteiger partial charge in [-0.2, -0.15) is 4.98 Å². The molecule has 1 saturated heterocycles. The molecule has 39 heavy (non-hydrogen) atoms. The van der Waals surface area contributed by atoms with Crippen LogP contribution in [-0.4, -0.2) is 64.8 Å². The van der Waals surface area contributed by atoms with E-state index in [1.54, 1.807) is 51.1 Å². The Morgan fingerprint density at radius 3 is 2.46 bits per heavy atom. The number of methoxy groups -OCH3 is 2. The van der Waals surface area contributed by atoms with Crippen molar-refractivity contribution >= 4 is 29.3 Å². The minimum Gasteiger partial charge on any atom is -0.480 e. The molecule has 1 aromatic carbocycles. The average molecular weight is 555 g/mol. The number of aromatic nitrogens is 4. The number of rotatable bonds is 6. The highest BCUT2D eigenvalue weighted by Crippen LogP contribution is 2.32. The largest absolute Gasteiger partial charge is 0.480 e. The van der Waals surface area contributed by atoms with E-state index in [0.29, 0.717) is 48.4 Å². The van der Waals surface area contributed by atoms with Gasteiger partial charge in [0.05, 0.1) is 31.2 Å². The van der Waals surface area contributed by atoms with Gasteiger partial charge >= 0.3 is 12.1 Å². The third-order valence-corrected chi connectivity index (χ3v) is 6.12. The second kappa shape index (κ2) is 11.9. The monoisotopic (exact) mass is 554 g/mol. The first-order valence-electron chi connectivity index (χ1n) is 12.5. The predicted molar refractivity (Wildman–Crippen MR) is 146 cm³/mol. The molecule has 1 aliphatic heterocycles. The first-order chi connectivity index (χ1) is 18.6. The molecule has 0 unspecified atom stereocenters. The van der Waals surface area contributed by atoms with Crippen LogP contribution in [0.15, 0.2) is 36.5 Å². The van der Waals surface area contributed by atoms with E-state index in [1.807, 2.05) is 0 Å². The fourth-order valence-electron chi connectivity index (χ4n) is 4.13. The lowest BCUT2D eigenvalue weighted by Gasteiger charge is -2.30. The number of benzene rings is 1. The van der Waals surface area contributed by atoms with Crippen molar-refractivity contribution in [2.75, 3.05) is 32.2 Å². The van der Waals surface area contributed by atoms with E-state index in [4.69, 9.17) is 25.8 Å². The summed E-state index contributed by atoms with van der Waals surface area (Å²) in [6.45, 7) is 6.68. The maximum Gasteiger partial charge on any atom is 0.421 e. The summed E-state index contributed by atoms with van der Waals surface area (Å²) < 4.78 is 16.1. The Hall–Kier alpha value is -3.83. The van der Waals surface area contributed by atoms with E-state index in [1.165, 1.54) is 20.4 Å². The van der Waals surface area contributed by atoms with Gasteiger partial charge in [0.25, 0.3) is 0 Å². The molecule has 3 heterocycles. The maximum atomic E-state index is 13.6. The summed E-state index contributed by atoms with van der Waals surface area (Å²) >= 11 is 6.38. The molecule has 12 heteroatoms. The molecule has 2 aromatic heterocycles. The zero-order chi connectivity index (χ0) is 28.2. The van der Waals surface area contributed by atoms with Crippen molar-refractivity contribution in [3.8, 4) is 34.5 Å². The van der Waals surface area contributed by atoms with Gasteiger partial charge in [-0.15, -0.1) is 0 Å². The van der Waals surface area contributed by atoms with E-state index in [0.717, 1.165) is 4.90 Å². The molecule has 0 radical (unpaired) electrons. The minimum atomic E-state index is -0.786. The summed E-state index contributed by atoms with van der Waals surface area (Å²) in [7, 11) is 2.93. The van der Waals surface area contributed by atoms with Gasteiger partial charge in [-0.1, -0.05) is 23.7 Å². The topological polar surface area (TPSA) is 129 Å². The molecule has 0 aliphatic carbocycles. The Kier molecular flexibility index (Phi) is 8.61. The lowest BCUT2D eigenvalue weighted by atomic mass is 9.96. The number of carbonyl (C=O) groups excluding carboxylic acids is 2. The zero-order valence-corrected chi connectivity index (χ0v) is 23.3. The standard InChI is InChI=1S/C27H31ClN6O5/c1-27(2,3)39-26(36)34(24(35)16-9-11-29-12-10-16)18-8-6-7-17(13-18)22-31-20(14-21(28)32-22)19-15-30-25(38-5)33-23(19)37-4/h6-8,13-16,29H,9-12H2,1-5H3. The average Bonchev–Trinajstić information content (AvgIpc) is 2.92. The molecule has 0 bridgehead atoms. The molecule has 206 valence electrons. The Morgan fingerprint density at radius 2 is 1.79 bits per heavy atom. The SMILES string of the molecule is COc1ncc(-c2cc(Cl)nc(-c3cccc(N(C(=O)OC(C)(C)C)C(=O)C4CCNCC4)c3)n2)c(OC)n1. The molecular formula is C27H31ClN6O5. The number of nitrogens with one attached hydrogen (secondary N) is 1. The van der Waals surface area contributed by atoms with Crippen LogP contribution in [0.4, 0.5) is 10.5 Å². The summed E-state index contributed by atoms with van der Waals surface area (Å²) in [6.07, 6.45) is 2.04. The molecule has 0 spiro atoms. The minimum absolute atomic E-state index is 0.143. The van der Waals surface area contributed by atoms with Crippen LogP contribution in [0, 0.1) is 5.92 Å². The van der Waals surface area contributed by atoms with Crippen molar-refractivity contribution in [3.63, 3.8) is 0 Å². The number of halogens is 1. The highest BCUT2D eigenvalue weighted by Gasteiger charge is 2.34. The smallest absolute Gasteiger partial charge is 0.421 e. The maximum absolute atomic E-state index is 13.6. The van der Waals surface area contributed by atoms with Gasteiger partial charge in [0.2, 0.25) is 11.8 Å². The Morgan fingerprint density at radius 1 is 1.05 bits per heavy atom. The summed E-state index contributed by atoms with van der Waals surface area (Å²) in [4.78, 5) is 45.4. The van der Waals surface area contributed by atoms with Gasteiger partial charge < -0.3 is 19.5 Å². The summed E-state index contributed by atoms with van der Waals surface area (Å²) in [5, 5.41) is 3.42. The number of carbonyl (C=O) groups is 2. The second-order valence-corrected chi connectivity index (χ2v) is 10.3. The van der Waals surface area contributed by atoms with E-state index >= 15 is 0 Å². The van der Waals surface area contributed by atoms with Crippen molar-refractivity contribution in [2.45, 2.75) is 39.2 Å². The van der Waals surface area contributed by atoms with Crippen LogP contribution in [0.1, 0.15) is 33.6 Å². The van der Waals surface area contributed by atoms with Crippen LogP contribution in [0.2, 0.25) is 5.15 Å². The van der Waals surface area contributed by atoms with Crippen LogP contribution >= 0.6 is 11.6 Å². The first kappa shape index (κ1) is 28.2. The Balaban J connectivity index is 1.75.